The van der Waals surface area contributed by atoms with Gasteiger partial charge in [-0.3, -0.25) is 0 Å². The highest BCUT2D eigenvalue weighted by atomic mass is 35.5. The van der Waals surface area contributed by atoms with Gasteiger partial charge in [-0.2, -0.15) is 35.8 Å². The molecule has 0 aliphatic rings. The highest BCUT2D eigenvalue weighted by Crippen LogP contribution is 2.45. The third kappa shape index (κ3) is 5.65. The lowest BCUT2D eigenvalue weighted by Gasteiger charge is -2.27. The average Bonchev–Trinajstić information content (AvgIpc) is 2.66. The molecular weight excluding hydrogens is 480 g/mol. The van der Waals surface area contributed by atoms with Crippen LogP contribution < -0.4 is 14.9 Å². The molecule has 2 rings (SSSR count). The second kappa shape index (κ2) is 9.39. The minimum absolute atomic E-state index is 0.0486. The first-order valence-corrected chi connectivity index (χ1v) is 8.92. The zero-order valence-corrected chi connectivity index (χ0v) is 16.9. The lowest BCUT2D eigenvalue weighted by Crippen LogP contribution is -2.58. The molecule has 13 heteroatoms. The van der Waals surface area contributed by atoms with E-state index in [1.54, 1.807) is 12.1 Å². The Balaban J connectivity index is 2.25. The number of benzene rings is 2. The van der Waals surface area contributed by atoms with E-state index in [9.17, 15) is 30.7 Å². The molecule has 0 bridgehead atoms. The lowest BCUT2D eigenvalue weighted by molar-refractivity contribution is -0.361. The predicted molar refractivity (Wildman–Crippen MR) is 100 cm³/mol. The number of nitrogens with one attached hydrogen (secondary N) is 1. The molecule has 4 nitrogen and oxygen atoms in total. The third-order valence-electron chi connectivity index (χ3n) is 3.78. The molecule has 0 aromatic heterocycles. The largest absolute Gasteiger partial charge is 0.493 e. The molecule has 0 unspecified atom stereocenters. The number of halogens is 9. The van der Waals surface area contributed by atoms with Crippen molar-refractivity contribution in [1.29, 1.82) is 0 Å². The molecule has 0 saturated carbocycles. The molecule has 0 heterocycles. The quantitative estimate of drug-likeness (QED) is 0.203. The van der Waals surface area contributed by atoms with Crippen LogP contribution in [0.25, 0.3) is 0 Å². The standard InChI is InChI=1S/C18H13Cl2F7N2O2/c1-30-14-4-2-3-10(8-28-29-18(26,27)16(21,22)17(23,24)25)15(14)31-9-11-5-6-12(19)7-13(11)20/h2-8,29H,9H2,1H3/b28-8-. The van der Waals surface area contributed by atoms with Crippen LogP contribution in [-0.4, -0.2) is 31.5 Å². The molecule has 31 heavy (non-hydrogen) atoms. The second-order valence-corrected chi connectivity index (χ2v) is 6.76. The van der Waals surface area contributed by atoms with Crippen molar-refractivity contribution in [1.82, 2.24) is 5.43 Å². The number of hydrogen-bond acceptors (Lipinski definition) is 4. The highest BCUT2D eigenvalue weighted by molar-refractivity contribution is 6.35. The fraction of sp³-hybridized carbons (Fsp3) is 0.278. The van der Waals surface area contributed by atoms with E-state index < -0.39 is 18.1 Å². The van der Waals surface area contributed by atoms with Crippen LogP contribution in [0.3, 0.4) is 0 Å². The highest BCUT2D eigenvalue weighted by Gasteiger charge is 2.73. The summed E-state index contributed by atoms with van der Waals surface area (Å²) in [6.45, 7) is -0.132. The molecule has 0 aliphatic heterocycles. The number of nitrogens with zero attached hydrogens (tertiary/aromatic N) is 1. The number of alkyl halides is 7. The Kier molecular flexibility index (Phi) is 7.53. The second-order valence-electron chi connectivity index (χ2n) is 5.92. The topological polar surface area (TPSA) is 42.8 Å². The van der Waals surface area contributed by atoms with Gasteiger partial charge in [-0.1, -0.05) is 35.3 Å². The van der Waals surface area contributed by atoms with Crippen LogP contribution >= 0.6 is 23.2 Å². The lowest BCUT2D eigenvalue weighted by atomic mass is 10.2. The maximum atomic E-state index is 13.3. The number of methoxy groups -OCH3 is 1. The molecule has 0 spiro atoms. The number of hydrazone groups is 1. The van der Waals surface area contributed by atoms with Gasteiger partial charge in [0.15, 0.2) is 11.5 Å². The SMILES string of the molecule is COc1cccc(/C=N\NC(F)(F)C(F)(F)C(F)(F)F)c1OCc1ccc(Cl)cc1Cl. The number of rotatable bonds is 8. The van der Waals surface area contributed by atoms with Crippen LogP contribution in [0.1, 0.15) is 11.1 Å². The van der Waals surface area contributed by atoms with Crippen molar-refractivity contribution in [2.24, 2.45) is 5.10 Å². The van der Waals surface area contributed by atoms with E-state index in [1.165, 1.54) is 31.4 Å². The summed E-state index contributed by atoms with van der Waals surface area (Å²) in [7, 11) is 1.27. The van der Waals surface area contributed by atoms with Crippen molar-refractivity contribution in [3.8, 4) is 11.5 Å². The minimum Gasteiger partial charge on any atom is -0.493 e. The molecule has 170 valence electrons. The number of hydrogen-bond donors (Lipinski definition) is 1. The van der Waals surface area contributed by atoms with Gasteiger partial charge in [0.05, 0.1) is 13.3 Å². The summed E-state index contributed by atoms with van der Waals surface area (Å²) in [6.07, 6.45) is -5.90. The van der Waals surface area contributed by atoms with Gasteiger partial charge >= 0.3 is 18.1 Å². The van der Waals surface area contributed by atoms with Crippen LogP contribution in [0.2, 0.25) is 10.0 Å². The van der Waals surface area contributed by atoms with Crippen LogP contribution in [0.5, 0.6) is 11.5 Å². The van der Waals surface area contributed by atoms with Gasteiger partial charge in [0.25, 0.3) is 0 Å². The smallest absolute Gasteiger partial charge is 0.462 e. The van der Waals surface area contributed by atoms with Gasteiger partial charge < -0.3 is 9.47 Å². The summed E-state index contributed by atoms with van der Waals surface area (Å²) in [4.78, 5) is 0. The van der Waals surface area contributed by atoms with Gasteiger partial charge in [0, 0.05) is 21.2 Å². The predicted octanol–water partition coefficient (Wildman–Crippen LogP) is 6.29. The summed E-state index contributed by atoms with van der Waals surface area (Å²) < 4.78 is 99.7. The average molecular weight is 493 g/mol. The molecule has 2 aromatic carbocycles. The van der Waals surface area contributed by atoms with Crippen molar-refractivity contribution in [2.45, 2.75) is 24.8 Å². The van der Waals surface area contributed by atoms with Crippen molar-refractivity contribution in [3.05, 3.63) is 57.6 Å². The van der Waals surface area contributed by atoms with E-state index in [1.807, 2.05) is 0 Å². The van der Waals surface area contributed by atoms with Gasteiger partial charge in [-0.15, -0.1) is 0 Å². The van der Waals surface area contributed by atoms with Gasteiger partial charge in [0.2, 0.25) is 0 Å². The zero-order valence-electron chi connectivity index (χ0n) is 15.4. The first-order chi connectivity index (χ1) is 14.3. The van der Waals surface area contributed by atoms with Crippen LogP contribution in [0.15, 0.2) is 41.5 Å². The van der Waals surface area contributed by atoms with E-state index in [-0.39, 0.29) is 28.7 Å². The minimum atomic E-state index is -6.49. The molecule has 0 saturated heterocycles. The maximum Gasteiger partial charge on any atom is 0.462 e. The van der Waals surface area contributed by atoms with Crippen molar-refractivity contribution in [2.75, 3.05) is 7.11 Å². The Hall–Kier alpha value is -2.40. The Morgan fingerprint density at radius 1 is 1.03 bits per heavy atom. The Morgan fingerprint density at radius 3 is 2.29 bits per heavy atom. The fourth-order valence-electron chi connectivity index (χ4n) is 2.17. The summed E-state index contributed by atoms with van der Waals surface area (Å²) in [6, 6.07) is 2.99. The Bertz CT molecular complexity index is 953. The summed E-state index contributed by atoms with van der Waals surface area (Å²) in [5.41, 5.74) is 0.984. The van der Waals surface area contributed by atoms with Gasteiger partial charge in [-0.05, 0) is 24.3 Å². The summed E-state index contributed by atoms with van der Waals surface area (Å²) in [5.74, 6) is -6.29. The molecule has 2 aromatic rings. The first-order valence-electron chi connectivity index (χ1n) is 8.16. The first kappa shape index (κ1) is 24.9. The van der Waals surface area contributed by atoms with Crippen molar-refractivity contribution in [3.63, 3.8) is 0 Å². The number of ether oxygens (including phenoxy) is 2. The van der Waals surface area contributed by atoms with Gasteiger partial charge in [-0.25, -0.2) is 5.43 Å². The van der Waals surface area contributed by atoms with E-state index in [0.717, 1.165) is 0 Å². The fourth-order valence-corrected chi connectivity index (χ4v) is 2.63. The Morgan fingerprint density at radius 2 is 1.71 bits per heavy atom. The van der Waals surface area contributed by atoms with Crippen LogP contribution in [-0.2, 0) is 6.61 Å². The maximum absolute atomic E-state index is 13.3. The van der Waals surface area contributed by atoms with Crippen molar-refractivity contribution < 1.29 is 40.2 Å². The van der Waals surface area contributed by atoms with Crippen LogP contribution in [0, 0.1) is 0 Å². The molecule has 0 aliphatic carbocycles. The normalized spacial score (nSPS) is 12.8. The number of para-hydroxylation sites is 1. The van der Waals surface area contributed by atoms with Crippen LogP contribution in [0.4, 0.5) is 30.7 Å². The van der Waals surface area contributed by atoms with E-state index in [2.05, 4.69) is 5.10 Å². The Labute approximate surface area is 181 Å². The van der Waals surface area contributed by atoms with E-state index in [0.29, 0.717) is 22.2 Å². The molecule has 0 amide bonds. The summed E-state index contributed by atoms with van der Waals surface area (Å²) >= 11 is 11.9. The van der Waals surface area contributed by atoms with E-state index in [4.69, 9.17) is 32.7 Å². The molecule has 0 atom stereocenters. The summed E-state index contributed by atoms with van der Waals surface area (Å²) in [5, 5.41) is 3.48. The van der Waals surface area contributed by atoms with E-state index >= 15 is 0 Å². The van der Waals surface area contributed by atoms with Crippen molar-refractivity contribution >= 4 is 29.4 Å². The van der Waals surface area contributed by atoms with Gasteiger partial charge in [0.1, 0.15) is 6.61 Å². The molecule has 1 N–H and O–H groups in total. The molecular formula is C18H13Cl2F7N2O2. The third-order valence-corrected chi connectivity index (χ3v) is 4.36. The molecule has 0 fully saturated rings. The monoisotopic (exact) mass is 492 g/mol. The zero-order chi connectivity index (χ0) is 23.4. The molecule has 0 radical (unpaired) electrons.